The van der Waals surface area contributed by atoms with Gasteiger partial charge in [-0.15, -0.1) is 0 Å². The lowest BCUT2D eigenvalue weighted by molar-refractivity contribution is 0.0175. The summed E-state index contributed by atoms with van der Waals surface area (Å²) in [5.41, 5.74) is 1.83. The van der Waals surface area contributed by atoms with Crippen molar-refractivity contribution in [3.05, 3.63) is 23.3 Å². The minimum absolute atomic E-state index is 0.0439. The number of benzene rings is 1. The molecule has 1 aromatic rings. The fourth-order valence-electron chi connectivity index (χ4n) is 4.03. The molecule has 1 atom stereocenters. The van der Waals surface area contributed by atoms with E-state index in [1.165, 1.54) is 0 Å². The Morgan fingerprint density at radius 2 is 2.03 bits per heavy atom. The first-order chi connectivity index (χ1) is 14.2. The summed E-state index contributed by atoms with van der Waals surface area (Å²) in [5, 5.41) is 9.34. The molecular weight excluding hydrogens is 384 g/mol. The summed E-state index contributed by atoms with van der Waals surface area (Å²) >= 11 is 0. The molecule has 0 saturated carbocycles. The summed E-state index contributed by atoms with van der Waals surface area (Å²) in [6.07, 6.45) is 0.577. The van der Waals surface area contributed by atoms with E-state index in [0.29, 0.717) is 31.1 Å². The van der Waals surface area contributed by atoms with Gasteiger partial charge in [0.15, 0.2) is 0 Å². The lowest BCUT2D eigenvalue weighted by atomic mass is 10.0. The van der Waals surface area contributed by atoms with E-state index in [2.05, 4.69) is 6.07 Å². The Kier molecular flexibility index (Phi) is 6.11. The number of nitrogens with zero attached hydrogens (tertiary/aromatic N) is 4. The summed E-state index contributed by atoms with van der Waals surface area (Å²) in [5.74, 6) is 0.564. The van der Waals surface area contributed by atoms with Gasteiger partial charge in [-0.2, -0.15) is 5.26 Å². The monoisotopic (exact) mass is 414 g/mol. The van der Waals surface area contributed by atoms with E-state index in [-0.39, 0.29) is 12.5 Å². The summed E-state index contributed by atoms with van der Waals surface area (Å²) in [6.45, 7) is 9.75. The van der Waals surface area contributed by atoms with Gasteiger partial charge in [-0.3, -0.25) is 9.80 Å². The van der Waals surface area contributed by atoms with Crippen molar-refractivity contribution in [3.8, 4) is 11.8 Å². The number of carbonyl (C=O) groups excluding carboxylic acids is 2. The third-order valence-electron chi connectivity index (χ3n) is 5.41. The second-order valence-corrected chi connectivity index (χ2v) is 8.58. The largest absolute Gasteiger partial charge is 0.495 e. The smallest absolute Gasteiger partial charge is 0.411 e. The molecule has 1 fully saturated rings. The molecule has 1 saturated heterocycles. The molecule has 3 amide bonds. The van der Waals surface area contributed by atoms with Crippen molar-refractivity contribution in [2.45, 2.75) is 58.7 Å². The van der Waals surface area contributed by atoms with E-state index >= 15 is 0 Å². The number of nitriles is 1. The molecule has 0 radical (unpaired) electrons. The van der Waals surface area contributed by atoms with Gasteiger partial charge in [-0.25, -0.2) is 9.59 Å². The fourth-order valence-corrected chi connectivity index (χ4v) is 4.03. The Hall–Kier alpha value is -2.95. The van der Waals surface area contributed by atoms with Crippen LogP contribution < -0.4 is 9.64 Å². The molecule has 8 nitrogen and oxygen atoms in total. The number of rotatable bonds is 4. The zero-order chi connectivity index (χ0) is 22.1. The first-order valence-corrected chi connectivity index (χ1v) is 10.3. The molecule has 0 aliphatic carbocycles. The maximum absolute atomic E-state index is 12.9. The normalized spacial score (nSPS) is 18.9. The van der Waals surface area contributed by atoms with E-state index < -0.39 is 17.7 Å². The van der Waals surface area contributed by atoms with Gasteiger partial charge in [0.2, 0.25) is 0 Å². The number of carbonyl (C=O) groups is 2. The Labute approximate surface area is 177 Å². The van der Waals surface area contributed by atoms with Crippen molar-refractivity contribution in [1.29, 1.82) is 5.26 Å². The molecule has 1 unspecified atom stereocenters. The van der Waals surface area contributed by atoms with Gasteiger partial charge in [-0.1, -0.05) is 0 Å². The average Bonchev–Trinajstić information content (AvgIpc) is 3.04. The lowest BCUT2D eigenvalue weighted by Gasteiger charge is -2.35. The number of fused-ring (bicyclic) bond motifs is 1. The molecule has 2 heterocycles. The van der Waals surface area contributed by atoms with Crippen molar-refractivity contribution < 1.29 is 19.1 Å². The van der Waals surface area contributed by atoms with Gasteiger partial charge in [-0.05, 0) is 57.4 Å². The van der Waals surface area contributed by atoms with Gasteiger partial charge in [0.1, 0.15) is 11.4 Å². The standard InChI is InChI=1S/C22H30N4O4/c1-6-24-10-7-11-25(20(24)27)18-12-15-14-26(21(28)30-22(2,3)4)17(8-9-23)16(15)13-19(18)29-5/h12-13,17H,6-8,10-11,14H2,1-5H3. The lowest BCUT2D eigenvalue weighted by Crippen LogP contribution is -2.49. The van der Waals surface area contributed by atoms with Crippen LogP contribution in [0.2, 0.25) is 0 Å². The molecule has 0 N–H and O–H groups in total. The maximum atomic E-state index is 12.9. The molecule has 8 heteroatoms. The molecule has 0 bridgehead atoms. The Bertz CT molecular complexity index is 871. The van der Waals surface area contributed by atoms with Gasteiger partial charge < -0.3 is 14.4 Å². The Balaban J connectivity index is 1.98. The van der Waals surface area contributed by atoms with Crippen molar-refractivity contribution in [1.82, 2.24) is 9.80 Å². The highest BCUT2D eigenvalue weighted by Gasteiger charge is 2.38. The second kappa shape index (κ2) is 8.42. The zero-order valence-electron chi connectivity index (χ0n) is 18.4. The van der Waals surface area contributed by atoms with Crippen LogP contribution >= 0.6 is 0 Å². The van der Waals surface area contributed by atoms with Crippen LogP contribution in [0.15, 0.2) is 12.1 Å². The van der Waals surface area contributed by atoms with Crippen molar-refractivity contribution in [2.75, 3.05) is 31.6 Å². The van der Waals surface area contributed by atoms with E-state index in [4.69, 9.17) is 9.47 Å². The highest BCUT2D eigenvalue weighted by molar-refractivity contribution is 5.94. The molecule has 30 heavy (non-hydrogen) atoms. The van der Waals surface area contributed by atoms with Gasteiger partial charge >= 0.3 is 12.1 Å². The van der Waals surface area contributed by atoms with Crippen molar-refractivity contribution in [3.63, 3.8) is 0 Å². The number of amides is 3. The molecule has 0 spiro atoms. The minimum atomic E-state index is -0.629. The van der Waals surface area contributed by atoms with E-state index in [0.717, 1.165) is 24.1 Å². The van der Waals surface area contributed by atoms with Crippen LogP contribution in [0.5, 0.6) is 5.75 Å². The van der Waals surface area contributed by atoms with Gasteiger partial charge in [0, 0.05) is 19.6 Å². The van der Waals surface area contributed by atoms with Crippen LogP contribution in [0.3, 0.4) is 0 Å². The van der Waals surface area contributed by atoms with Crippen LogP contribution in [0.1, 0.15) is 57.7 Å². The highest BCUT2D eigenvalue weighted by Crippen LogP contribution is 2.43. The third kappa shape index (κ3) is 4.16. The molecule has 3 rings (SSSR count). The molecule has 162 valence electrons. The van der Waals surface area contributed by atoms with Gasteiger partial charge in [0.05, 0.1) is 37.9 Å². The van der Waals surface area contributed by atoms with Crippen molar-refractivity contribution >= 4 is 17.8 Å². The predicted octanol–water partition coefficient (Wildman–Crippen LogP) is 4.05. The SMILES string of the molecule is CCN1CCCN(c2cc3c(cc2OC)C(CC#N)N(C(=O)OC(C)(C)C)C3)C1=O. The van der Waals surface area contributed by atoms with Crippen LogP contribution in [0.4, 0.5) is 15.3 Å². The van der Waals surface area contributed by atoms with Crippen LogP contribution in [-0.2, 0) is 11.3 Å². The van der Waals surface area contributed by atoms with E-state index in [1.807, 2.05) is 44.7 Å². The van der Waals surface area contributed by atoms with E-state index in [1.54, 1.807) is 16.9 Å². The highest BCUT2D eigenvalue weighted by atomic mass is 16.6. The van der Waals surface area contributed by atoms with Gasteiger partial charge in [0.25, 0.3) is 0 Å². The first kappa shape index (κ1) is 21.8. The minimum Gasteiger partial charge on any atom is -0.495 e. The summed E-state index contributed by atoms with van der Waals surface area (Å²) in [4.78, 5) is 30.8. The molecule has 0 aromatic heterocycles. The topological polar surface area (TPSA) is 86.1 Å². The molecule has 2 aliphatic heterocycles. The quantitative estimate of drug-likeness (QED) is 0.742. The Morgan fingerprint density at radius 1 is 1.30 bits per heavy atom. The molecular formula is C22H30N4O4. The number of anilines is 1. The third-order valence-corrected chi connectivity index (χ3v) is 5.41. The second-order valence-electron chi connectivity index (χ2n) is 8.58. The predicted molar refractivity (Wildman–Crippen MR) is 112 cm³/mol. The number of hydrogen-bond acceptors (Lipinski definition) is 5. The maximum Gasteiger partial charge on any atom is 0.411 e. The first-order valence-electron chi connectivity index (χ1n) is 10.3. The average molecular weight is 415 g/mol. The number of ether oxygens (including phenoxy) is 2. The number of methoxy groups -OCH3 is 1. The van der Waals surface area contributed by atoms with Crippen LogP contribution in [-0.4, -0.2) is 54.3 Å². The Morgan fingerprint density at radius 3 is 2.63 bits per heavy atom. The number of hydrogen-bond donors (Lipinski definition) is 0. The van der Waals surface area contributed by atoms with Crippen LogP contribution in [0.25, 0.3) is 0 Å². The summed E-state index contributed by atoms with van der Waals surface area (Å²) < 4.78 is 11.2. The van der Waals surface area contributed by atoms with E-state index in [9.17, 15) is 14.9 Å². The zero-order valence-corrected chi connectivity index (χ0v) is 18.4. The molecule has 2 aliphatic rings. The summed E-state index contributed by atoms with van der Waals surface area (Å²) in [7, 11) is 1.57. The van der Waals surface area contributed by atoms with Crippen molar-refractivity contribution in [2.24, 2.45) is 0 Å². The summed E-state index contributed by atoms with van der Waals surface area (Å²) in [6, 6.07) is 5.49. The number of urea groups is 1. The van der Waals surface area contributed by atoms with Crippen LogP contribution in [0, 0.1) is 11.3 Å². The molecule has 1 aromatic carbocycles. The fraction of sp³-hybridized carbons (Fsp3) is 0.591.